The molecule has 0 saturated carbocycles. The van der Waals surface area contributed by atoms with Crippen LogP contribution >= 0.6 is 0 Å². The third-order valence-corrected chi connectivity index (χ3v) is 14.7. The van der Waals surface area contributed by atoms with Gasteiger partial charge in [-0.2, -0.15) is 0 Å². The van der Waals surface area contributed by atoms with Gasteiger partial charge in [-0.25, -0.2) is 8.42 Å². The molecule has 42 heavy (non-hydrogen) atoms. The molecule has 11 heteroatoms. The van der Waals surface area contributed by atoms with Gasteiger partial charge < -0.3 is 19.0 Å². The van der Waals surface area contributed by atoms with Crippen LogP contribution in [0.3, 0.4) is 0 Å². The zero-order valence-electron chi connectivity index (χ0n) is 27.2. The van der Waals surface area contributed by atoms with Crippen molar-refractivity contribution in [1.82, 2.24) is 0 Å². The average molecular weight is 629 g/mol. The van der Waals surface area contributed by atoms with Gasteiger partial charge in [-0.1, -0.05) is 65.3 Å². The second kappa shape index (κ2) is 15.0. The van der Waals surface area contributed by atoms with Crippen LogP contribution in [0.25, 0.3) is 0 Å². The number of sulfone groups is 1. The second-order valence-corrected chi connectivity index (χ2v) is 20.8. The second-order valence-electron chi connectivity index (χ2n) is 13.8. The highest BCUT2D eigenvalue weighted by atomic mass is 32.2. The average Bonchev–Trinajstić information content (AvgIpc) is 2.80. The van der Waals surface area contributed by atoms with Crippen molar-refractivity contribution in [2.45, 2.75) is 111 Å². The maximum absolute atomic E-state index is 12.9. The summed E-state index contributed by atoms with van der Waals surface area (Å²) in [5.74, 6) is -2.01. The van der Waals surface area contributed by atoms with E-state index in [4.69, 9.17) is 13.9 Å². The van der Waals surface area contributed by atoms with Crippen LogP contribution in [0.5, 0.6) is 0 Å². The largest absolute Gasteiger partial charge is 0.481 e. The summed E-state index contributed by atoms with van der Waals surface area (Å²) in [6.07, 6.45) is 0.908. The maximum atomic E-state index is 12.9. The molecule has 9 nitrogen and oxygen atoms in total. The van der Waals surface area contributed by atoms with E-state index in [1.807, 2.05) is 13.8 Å². The predicted molar refractivity (Wildman–Crippen MR) is 167 cm³/mol. The summed E-state index contributed by atoms with van der Waals surface area (Å²) < 4.78 is 42.2. The van der Waals surface area contributed by atoms with E-state index < -0.39 is 53.0 Å². The van der Waals surface area contributed by atoms with Crippen molar-refractivity contribution in [1.29, 1.82) is 0 Å². The Labute approximate surface area is 253 Å². The molecule has 0 spiro atoms. The molecule has 0 radical (unpaired) electrons. The topological polar surface area (TPSA) is 133 Å². The molecule has 0 aliphatic carbocycles. The van der Waals surface area contributed by atoms with Crippen LogP contribution in [-0.2, 0) is 50.0 Å². The van der Waals surface area contributed by atoms with Crippen molar-refractivity contribution >= 4 is 36.1 Å². The summed E-state index contributed by atoms with van der Waals surface area (Å²) in [5, 5.41) is 10.2. The molecule has 0 aliphatic heterocycles. The van der Waals surface area contributed by atoms with Gasteiger partial charge in [0.05, 0.1) is 16.9 Å². The van der Waals surface area contributed by atoms with Crippen LogP contribution in [0.4, 0.5) is 0 Å². The van der Waals surface area contributed by atoms with Crippen LogP contribution in [-0.4, -0.2) is 70.6 Å². The van der Waals surface area contributed by atoms with Gasteiger partial charge in [-0.3, -0.25) is 14.4 Å². The van der Waals surface area contributed by atoms with Gasteiger partial charge in [0.1, 0.15) is 12.7 Å². The van der Waals surface area contributed by atoms with Gasteiger partial charge in [0.15, 0.2) is 18.2 Å². The number of carbonyl (C=O) groups is 3. The highest BCUT2D eigenvalue weighted by molar-refractivity contribution is 7.91. The minimum atomic E-state index is -3.36. The van der Waals surface area contributed by atoms with Crippen LogP contribution in [0.15, 0.2) is 24.3 Å². The lowest BCUT2D eigenvalue weighted by atomic mass is 9.76. The first-order chi connectivity index (χ1) is 19.0. The fourth-order valence-electron chi connectivity index (χ4n) is 4.56. The summed E-state index contributed by atoms with van der Waals surface area (Å²) in [4.78, 5) is 35.3. The van der Waals surface area contributed by atoms with Crippen molar-refractivity contribution < 1.29 is 41.8 Å². The zero-order chi connectivity index (χ0) is 32.6. The first-order valence-electron chi connectivity index (χ1n) is 14.5. The van der Waals surface area contributed by atoms with E-state index in [1.54, 1.807) is 31.2 Å². The van der Waals surface area contributed by atoms with Crippen molar-refractivity contribution in [2.75, 3.05) is 24.7 Å². The highest BCUT2D eigenvalue weighted by Gasteiger charge is 2.38. The van der Waals surface area contributed by atoms with Crippen LogP contribution < -0.4 is 0 Å². The third kappa shape index (κ3) is 12.5. The standard InChI is InChI=1S/C31H52O9SSi/c1-23(32)38-21-27(40-24(2)33)20-25-13-11-14-26(19-25)31(8,28(34)35)16-12-15-30(6,7)22-41(36,37)18-17-39-42(9,10)29(3,4)5/h11,13-14,19,27H,12,15-18,20-22H2,1-10H3,(H,34,35)/t27-,31-/m1/s1. The van der Waals surface area contributed by atoms with Crippen molar-refractivity contribution in [2.24, 2.45) is 5.41 Å². The van der Waals surface area contributed by atoms with E-state index in [-0.39, 0.29) is 36.2 Å². The number of esters is 2. The number of carboxylic acids is 1. The summed E-state index contributed by atoms with van der Waals surface area (Å²) in [7, 11) is -5.40. The molecular formula is C31H52O9SSi. The fraction of sp³-hybridized carbons (Fsp3) is 0.710. The van der Waals surface area contributed by atoms with E-state index in [0.717, 1.165) is 5.56 Å². The smallest absolute Gasteiger partial charge is 0.313 e. The SMILES string of the molecule is CC(=O)OC[C@@H](Cc1cccc([C@@](C)(CCCC(C)(C)CS(=O)(=O)CCO[Si](C)(C)C(C)(C)C)C(=O)O)c1)OC(C)=O. The Morgan fingerprint density at radius 2 is 1.60 bits per heavy atom. The Morgan fingerprint density at radius 1 is 0.976 bits per heavy atom. The Balaban J connectivity index is 2.91. The first kappa shape index (κ1) is 37.8. The van der Waals surface area contributed by atoms with Gasteiger partial charge in [-0.05, 0) is 54.4 Å². The van der Waals surface area contributed by atoms with Crippen LogP contribution in [0.1, 0.15) is 85.8 Å². The van der Waals surface area contributed by atoms with Crippen LogP contribution in [0, 0.1) is 5.41 Å². The number of hydrogen-bond acceptors (Lipinski definition) is 8. The lowest BCUT2D eigenvalue weighted by molar-refractivity contribution is -0.156. The Morgan fingerprint density at radius 3 is 2.12 bits per heavy atom. The highest BCUT2D eigenvalue weighted by Crippen LogP contribution is 2.37. The van der Waals surface area contributed by atoms with Gasteiger partial charge in [0.2, 0.25) is 0 Å². The van der Waals surface area contributed by atoms with Crippen molar-refractivity contribution in [3.8, 4) is 0 Å². The molecule has 1 N–H and O–H groups in total. The van der Waals surface area contributed by atoms with E-state index in [1.165, 1.54) is 13.8 Å². The van der Waals surface area contributed by atoms with E-state index >= 15 is 0 Å². The molecular weight excluding hydrogens is 576 g/mol. The third-order valence-electron chi connectivity index (χ3n) is 8.11. The monoisotopic (exact) mass is 628 g/mol. The minimum absolute atomic E-state index is 0.00000387. The normalized spacial score (nSPS) is 15.0. The number of rotatable bonds is 17. The molecule has 0 heterocycles. The molecule has 240 valence electrons. The molecule has 2 atom stereocenters. The number of aliphatic carboxylic acids is 1. The first-order valence-corrected chi connectivity index (χ1v) is 19.2. The van der Waals surface area contributed by atoms with Gasteiger partial charge >= 0.3 is 17.9 Å². The summed E-state index contributed by atoms with van der Waals surface area (Å²) in [6.45, 7) is 18.6. The van der Waals surface area contributed by atoms with E-state index in [0.29, 0.717) is 24.8 Å². The minimum Gasteiger partial charge on any atom is -0.481 e. The lowest BCUT2D eigenvalue weighted by Gasteiger charge is -2.36. The molecule has 0 fully saturated rings. The van der Waals surface area contributed by atoms with E-state index in [2.05, 4.69) is 33.9 Å². The number of hydrogen-bond donors (Lipinski definition) is 1. The maximum Gasteiger partial charge on any atom is 0.313 e. The van der Waals surface area contributed by atoms with Crippen LogP contribution in [0.2, 0.25) is 18.1 Å². The molecule has 0 bridgehead atoms. The van der Waals surface area contributed by atoms with Crippen molar-refractivity contribution in [3.05, 3.63) is 35.4 Å². The molecule has 0 aliphatic rings. The molecule has 0 unspecified atom stereocenters. The molecule has 1 aromatic carbocycles. The lowest BCUT2D eigenvalue weighted by Crippen LogP contribution is -2.42. The quantitative estimate of drug-likeness (QED) is 0.170. The van der Waals surface area contributed by atoms with Gasteiger partial charge in [0.25, 0.3) is 0 Å². The summed E-state index contributed by atoms with van der Waals surface area (Å²) in [6, 6.07) is 7.09. The molecule has 0 amide bonds. The summed E-state index contributed by atoms with van der Waals surface area (Å²) >= 11 is 0. The van der Waals surface area contributed by atoms with Gasteiger partial charge in [-0.15, -0.1) is 0 Å². The van der Waals surface area contributed by atoms with E-state index in [9.17, 15) is 27.9 Å². The predicted octanol–water partition coefficient (Wildman–Crippen LogP) is 5.70. The Bertz CT molecular complexity index is 1190. The molecule has 0 saturated heterocycles. The Hall–Kier alpha value is -2.24. The number of ether oxygens (including phenoxy) is 2. The zero-order valence-corrected chi connectivity index (χ0v) is 29.0. The fourth-order valence-corrected chi connectivity index (χ4v) is 7.57. The van der Waals surface area contributed by atoms with Crippen molar-refractivity contribution in [3.63, 3.8) is 0 Å². The number of carbonyl (C=O) groups excluding carboxylic acids is 2. The number of benzene rings is 1. The Kier molecular flexibility index (Phi) is 13.5. The molecule has 1 rings (SSSR count). The molecule has 0 aromatic heterocycles. The summed E-state index contributed by atoms with van der Waals surface area (Å²) in [5.41, 5.74) is -0.417. The van der Waals surface area contributed by atoms with Gasteiger partial charge in [0, 0.05) is 26.9 Å². The number of carboxylic acid groups (broad SMARTS) is 1. The molecule has 1 aromatic rings.